The van der Waals surface area contributed by atoms with Gasteiger partial charge in [0.25, 0.3) is 0 Å². The van der Waals surface area contributed by atoms with Gasteiger partial charge in [-0.3, -0.25) is 4.98 Å². The summed E-state index contributed by atoms with van der Waals surface area (Å²) in [7, 11) is 4.02. The van der Waals surface area contributed by atoms with Gasteiger partial charge in [-0.25, -0.2) is 9.78 Å². The molecule has 7 heteroatoms. The number of imidazole rings is 1. The van der Waals surface area contributed by atoms with E-state index in [2.05, 4.69) is 14.9 Å². The molecule has 4 rings (SSSR count). The predicted molar refractivity (Wildman–Crippen MR) is 128 cm³/mol. The summed E-state index contributed by atoms with van der Waals surface area (Å²) in [4.78, 5) is 26.1. The zero-order chi connectivity index (χ0) is 23.4. The Morgan fingerprint density at radius 1 is 1.03 bits per heavy atom. The van der Waals surface area contributed by atoms with Crippen molar-refractivity contribution in [2.75, 3.05) is 27.2 Å². The van der Waals surface area contributed by atoms with Crippen LogP contribution < -0.4 is 4.74 Å². The number of aromatic nitrogens is 3. The highest BCUT2D eigenvalue weighted by molar-refractivity contribution is 5.91. The second-order valence-corrected chi connectivity index (χ2v) is 8.06. The molecule has 0 bridgehead atoms. The molecule has 0 fully saturated rings. The summed E-state index contributed by atoms with van der Waals surface area (Å²) < 4.78 is 5.79. The summed E-state index contributed by atoms with van der Waals surface area (Å²) in [6.07, 6.45) is 3.43. The molecule has 7 nitrogen and oxygen atoms in total. The van der Waals surface area contributed by atoms with Crippen molar-refractivity contribution in [2.45, 2.75) is 6.92 Å². The fourth-order valence-corrected chi connectivity index (χ4v) is 3.50. The zero-order valence-corrected chi connectivity index (χ0v) is 18.9. The average molecular weight is 443 g/mol. The topological polar surface area (TPSA) is 91.3 Å². The number of benzene rings is 2. The number of carboxylic acid groups (broad SMARTS) is 1. The van der Waals surface area contributed by atoms with Crippen LogP contribution in [0.25, 0.3) is 33.9 Å². The Labute approximate surface area is 192 Å². The van der Waals surface area contributed by atoms with E-state index >= 15 is 0 Å². The third-order valence-corrected chi connectivity index (χ3v) is 5.35. The van der Waals surface area contributed by atoms with Crippen LogP contribution >= 0.6 is 0 Å². The summed E-state index contributed by atoms with van der Waals surface area (Å²) in [5.74, 6) is 0.523. The Morgan fingerprint density at radius 3 is 2.42 bits per heavy atom. The van der Waals surface area contributed by atoms with Crippen molar-refractivity contribution in [3.8, 4) is 39.7 Å². The van der Waals surface area contributed by atoms with Crippen LogP contribution in [0.15, 0.2) is 67.0 Å². The summed E-state index contributed by atoms with van der Waals surface area (Å²) in [6.45, 7) is 3.41. The second kappa shape index (κ2) is 9.67. The van der Waals surface area contributed by atoms with Crippen molar-refractivity contribution in [1.29, 1.82) is 0 Å². The van der Waals surface area contributed by atoms with Crippen molar-refractivity contribution < 1.29 is 14.6 Å². The van der Waals surface area contributed by atoms with Gasteiger partial charge in [0.05, 0.1) is 17.0 Å². The summed E-state index contributed by atoms with van der Waals surface area (Å²) in [6, 6.07) is 16.7. The van der Waals surface area contributed by atoms with Crippen LogP contribution in [0.3, 0.4) is 0 Å². The molecule has 0 saturated carbocycles. The third kappa shape index (κ3) is 5.10. The Balaban J connectivity index is 1.74. The Hall–Kier alpha value is -3.97. The van der Waals surface area contributed by atoms with Crippen molar-refractivity contribution >= 4 is 5.97 Å². The minimum Gasteiger partial charge on any atom is -0.492 e. The van der Waals surface area contributed by atoms with E-state index in [1.807, 2.05) is 63.5 Å². The number of rotatable bonds is 8. The van der Waals surface area contributed by atoms with Crippen LogP contribution in [-0.4, -0.2) is 58.2 Å². The van der Waals surface area contributed by atoms with Crippen LogP contribution in [0, 0.1) is 6.92 Å². The fraction of sp³-hybridized carbons (Fsp3) is 0.192. The smallest absolute Gasteiger partial charge is 0.335 e. The number of carboxylic acids is 1. The van der Waals surface area contributed by atoms with Gasteiger partial charge in [-0.15, -0.1) is 0 Å². The first-order chi connectivity index (χ1) is 15.9. The van der Waals surface area contributed by atoms with Crippen LogP contribution in [0.5, 0.6) is 5.75 Å². The first-order valence-electron chi connectivity index (χ1n) is 10.6. The molecule has 0 amide bonds. The lowest BCUT2D eigenvalue weighted by molar-refractivity contribution is 0.0697. The average Bonchev–Trinajstić information content (AvgIpc) is 3.25. The van der Waals surface area contributed by atoms with Crippen molar-refractivity contribution in [1.82, 2.24) is 19.9 Å². The number of hydrogen-bond donors (Lipinski definition) is 2. The normalized spacial score (nSPS) is 11.0. The number of aromatic amines is 1. The first-order valence-corrected chi connectivity index (χ1v) is 10.6. The zero-order valence-electron chi connectivity index (χ0n) is 18.9. The minimum absolute atomic E-state index is 0.228. The van der Waals surface area contributed by atoms with Crippen LogP contribution in [0.1, 0.15) is 15.9 Å². The summed E-state index contributed by atoms with van der Waals surface area (Å²) in [5.41, 5.74) is 5.29. The highest BCUT2D eigenvalue weighted by Crippen LogP contribution is 2.35. The molecule has 2 N–H and O–H groups in total. The highest BCUT2D eigenvalue weighted by atomic mass is 16.5. The second-order valence-electron chi connectivity index (χ2n) is 8.06. The van der Waals surface area contributed by atoms with Crippen LogP contribution in [0.2, 0.25) is 0 Å². The predicted octanol–water partition coefficient (Wildman–Crippen LogP) is 4.75. The minimum atomic E-state index is -0.966. The molecular weight excluding hydrogens is 416 g/mol. The van der Waals surface area contributed by atoms with Crippen molar-refractivity contribution in [3.05, 3.63) is 78.1 Å². The van der Waals surface area contributed by atoms with E-state index in [1.165, 1.54) is 0 Å². The van der Waals surface area contributed by atoms with Crippen LogP contribution in [-0.2, 0) is 0 Å². The van der Waals surface area contributed by atoms with Gasteiger partial charge in [0.15, 0.2) is 0 Å². The molecule has 0 saturated heterocycles. The van der Waals surface area contributed by atoms with Gasteiger partial charge in [-0.1, -0.05) is 6.07 Å². The maximum absolute atomic E-state index is 11.6. The number of aryl methyl sites for hydroxylation is 1. The van der Waals surface area contributed by atoms with Gasteiger partial charge in [-0.05, 0) is 75.1 Å². The van der Waals surface area contributed by atoms with E-state index in [-0.39, 0.29) is 5.56 Å². The standard InChI is InChI=1S/C26H26N4O3/c1-17-4-5-20(26(31)32)16-22(17)24-23(18-10-12-27-13-11-18)28-25(29-24)19-6-8-21(9-7-19)33-15-14-30(2)3/h4-13,16H,14-15H2,1-3H3,(H,28,29)(H,31,32). The van der Waals surface area contributed by atoms with Gasteiger partial charge >= 0.3 is 5.97 Å². The maximum atomic E-state index is 11.6. The molecular formula is C26H26N4O3. The molecule has 0 aliphatic heterocycles. The highest BCUT2D eigenvalue weighted by Gasteiger charge is 2.18. The molecule has 0 spiro atoms. The number of pyridine rings is 1. The summed E-state index contributed by atoms with van der Waals surface area (Å²) in [5, 5.41) is 9.49. The number of nitrogens with zero attached hydrogens (tertiary/aromatic N) is 3. The van der Waals surface area contributed by atoms with E-state index < -0.39 is 5.97 Å². The van der Waals surface area contributed by atoms with Crippen LogP contribution in [0.4, 0.5) is 0 Å². The van der Waals surface area contributed by atoms with E-state index in [9.17, 15) is 9.90 Å². The summed E-state index contributed by atoms with van der Waals surface area (Å²) >= 11 is 0. The van der Waals surface area contributed by atoms with E-state index in [1.54, 1.807) is 24.5 Å². The van der Waals surface area contributed by atoms with Gasteiger partial charge in [0, 0.05) is 35.6 Å². The van der Waals surface area contributed by atoms with Gasteiger partial charge in [-0.2, -0.15) is 0 Å². The number of H-pyrrole nitrogens is 1. The molecule has 0 aliphatic carbocycles. The van der Waals surface area contributed by atoms with E-state index in [0.717, 1.165) is 45.9 Å². The molecule has 2 heterocycles. The molecule has 4 aromatic rings. The molecule has 0 unspecified atom stereocenters. The molecule has 0 atom stereocenters. The number of carbonyl (C=O) groups is 1. The van der Waals surface area contributed by atoms with Gasteiger partial charge in [0.1, 0.15) is 18.2 Å². The first kappa shape index (κ1) is 22.2. The maximum Gasteiger partial charge on any atom is 0.335 e. The lowest BCUT2D eigenvalue weighted by atomic mass is 9.99. The molecule has 168 valence electrons. The Morgan fingerprint density at radius 2 is 1.76 bits per heavy atom. The Bertz CT molecular complexity index is 1250. The Kier molecular flexibility index (Phi) is 6.51. The lowest BCUT2D eigenvalue weighted by Gasteiger charge is -2.11. The number of aromatic carboxylic acids is 1. The number of likely N-dealkylation sites (N-methyl/N-ethyl adjacent to an activating group) is 1. The number of nitrogens with one attached hydrogen (secondary N) is 1. The number of hydrogen-bond acceptors (Lipinski definition) is 5. The third-order valence-electron chi connectivity index (χ3n) is 5.35. The van der Waals surface area contributed by atoms with Gasteiger partial charge < -0.3 is 19.7 Å². The number of ether oxygens (including phenoxy) is 1. The van der Waals surface area contributed by atoms with Crippen molar-refractivity contribution in [3.63, 3.8) is 0 Å². The van der Waals surface area contributed by atoms with E-state index in [0.29, 0.717) is 12.4 Å². The van der Waals surface area contributed by atoms with Gasteiger partial charge in [0.2, 0.25) is 0 Å². The lowest BCUT2D eigenvalue weighted by Crippen LogP contribution is -2.19. The molecule has 2 aromatic carbocycles. The van der Waals surface area contributed by atoms with E-state index in [4.69, 9.17) is 9.72 Å². The SMILES string of the molecule is Cc1ccc(C(=O)O)cc1-c1[nH]c(-c2ccc(OCCN(C)C)cc2)nc1-c1ccncc1. The molecule has 0 radical (unpaired) electrons. The molecule has 0 aliphatic rings. The quantitative estimate of drug-likeness (QED) is 0.409. The molecule has 33 heavy (non-hydrogen) atoms. The van der Waals surface area contributed by atoms with Crippen molar-refractivity contribution in [2.24, 2.45) is 0 Å². The largest absolute Gasteiger partial charge is 0.492 e. The molecule has 2 aromatic heterocycles. The fourth-order valence-electron chi connectivity index (χ4n) is 3.50. The monoisotopic (exact) mass is 442 g/mol.